The number of carbonyl (C=O) groups is 3. The highest BCUT2D eigenvalue weighted by Gasteiger charge is 2.44. The third-order valence-corrected chi connectivity index (χ3v) is 5.99. The first kappa shape index (κ1) is 20.2. The summed E-state index contributed by atoms with van der Waals surface area (Å²) < 4.78 is 7.27. The number of hydrogen-bond donors (Lipinski definition) is 0. The number of esters is 1. The quantitative estimate of drug-likeness (QED) is 0.292. The van der Waals surface area contributed by atoms with Crippen LogP contribution in [0.1, 0.15) is 60.4 Å². The van der Waals surface area contributed by atoms with Gasteiger partial charge >= 0.3 is 5.97 Å². The van der Waals surface area contributed by atoms with Crippen molar-refractivity contribution in [3.8, 4) is 0 Å². The van der Waals surface area contributed by atoms with Crippen LogP contribution >= 0.6 is 0 Å². The molecule has 0 unspecified atom stereocenters. The summed E-state index contributed by atoms with van der Waals surface area (Å²) in [5, 5.41) is 10.9. The predicted octanol–water partition coefficient (Wildman–Crippen LogP) is 2.67. The molecule has 2 saturated carbocycles. The number of aromatic nitrogens is 1. The summed E-state index contributed by atoms with van der Waals surface area (Å²) in [7, 11) is 0. The van der Waals surface area contributed by atoms with Gasteiger partial charge in [-0.1, -0.05) is 6.92 Å². The van der Waals surface area contributed by atoms with Gasteiger partial charge in [0.15, 0.2) is 6.61 Å². The van der Waals surface area contributed by atoms with E-state index >= 15 is 0 Å². The molecule has 1 heterocycles. The second-order valence-corrected chi connectivity index (χ2v) is 8.11. The van der Waals surface area contributed by atoms with Crippen LogP contribution in [0, 0.1) is 41.7 Å². The molecule has 3 rings (SSSR count). The van der Waals surface area contributed by atoms with Crippen LogP contribution < -0.4 is 0 Å². The smallest absolute Gasteiger partial charge is 0.306 e. The molecule has 2 aliphatic carbocycles. The molecule has 0 N–H and O–H groups in total. The lowest BCUT2D eigenvalue weighted by Crippen LogP contribution is -2.28. The molecule has 28 heavy (non-hydrogen) atoms. The highest BCUT2D eigenvalue weighted by Crippen LogP contribution is 2.38. The predicted molar refractivity (Wildman–Crippen MR) is 99.7 cm³/mol. The Morgan fingerprint density at radius 2 is 2.00 bits per heavy atom. The Bertz CT molecular complexity index is 823. The van der Waals surface area contributed by atoms with Crippen molar-refractivity contribution in [2.45, 2.75) is 52.5 Å². The molecule has 0 amide bonds. The van der Waals surface area contributed by atoms with Crippen molar-refractivity contribution in [3.05, 3.63) is 33.1 Å². The Balaban J connectivity index is 1.58. The number of hydrogen-bond acceptors (Lipinski definition) is 6. The van der Waals surface area contributed by atoms with Gasteiger partial charge in [-0.2, -0.15) is 0 Å². The molecule has 2 fully saturated rings. The van der Waals surface area contributed by atoms with Crippen molar-refractivity contribution < 1.29 is 24.0 Å². The van der Waals surface area contributed by atoms with E-state index in [2.05, 4.69) is 4.57 Å². The van der Waals surface area contributed by atoms with Crippen molar-refractivity contribution in [1.29, 1.82) is 0 Å². The lowest BCUT2D eigenvalue weighted by Gasteiger charge is -2.17. The van der Waals surface area contributed by atoms with E-state index in [9.17, 15) is 24.5 Å². The van der Waals surface area contributed by atoms with Gasteiger partial charge in [0.2, 0.25) is 12.3 Å². The summed E-state index contributed by atoms with van der Waals surface area (Å²) >= 11 is 0. The molecule has 0 radical (unpaired) electrons. The SMILES string of the molecule is Cc1cc(C(=O)COC(=O)C[C@H]2C(=O)C[C@@H](C)[C@@H]2C[N+](=O)[O-])c(C)n1C1CC1. The van der Waals surface area contributed by atoms with Crippen LogP contribution in [-0.2, 0) is 14.3 Å². The zero-order valence-corrected chi connectivity index (χ0v) is 16.5. The zero-order chi connectivity index (χ0) is 20.6. The molecule has 1 aromatic rings. The van der Waals surface area contributed by atoms with Gasteiger partial charge in [0, 0.05) is 46.2 Å². The molecule has 2 aliphatic rings. The van der Waals surface area contributed by atoms with Gasteiger partial charge in [0.05, 0.1) is 6.42 Å². The van der Waals surface area contributed by atoms with Crippen LogP contribution in [0.3, 0.4) is 0 Å². The fourth-order valence-electron chi connectivity index (χ4n) is 4.42. The first-order valence-corrected chi connectivity index (χ1v) is 9.70. The summed E-state index contributed by atoms with van der Waals surface area (Å²) in [4.78, 5) is 47.2. The first-order valence-electron chi connectivity index (χ1n) is 9.70. The average molecular weight is 390 g/mol. The molecule has 8 nitrogen and oxygen atoms in total. The maximum Gasteiger partial charge on any atom is 0.306 e. The molecular formula is C20H26N2O6. The van der Waals surface area contributed by atoms with Gasteiger partial charge in [-0.05, 0) is 38.7 Å². The summed E-state index contributed by atoms with van der Waals surface area (Å²) in [6.07, 6.45) is 2.24. The minimum atomic E-state index is -0.706. The minimum absolute atomic E-state index is 0.134. The summed E-state index contributed by atoms with van der Waals surface area (Å²) in [5.41, 5.74) is 2.45. The van der Waals surface area contributed by atoms with E-state index in [0.29, 0.717) is 11.6 Å². The fraction of sp³-hybridized carbons (Fsp3) is 0.650. The highest BCUT2D eigenvalue weighted by atomic mass is 16.6. The Morgan fingerprint density at radius 1 is 1.32 bits per heavy atom. The van der Waals surface area contributed by atoms with Gasteiger partial charge < -0.3 is 9.30 Å². The van der Waals surface area contributed by atoms with Crippen molar-refractivity contribution in [2.75, 3.05) is 13.2 Å². The fourth-order valence-corrected chi connectivity index (χ4v) is 4.42. The number of nitro groups is 1. The van der Waals surface area contributed by atoms with Crippen LogP contribution in [0.25, 0.3) is 0 Å². The molecule has 1 aromatic heterocycles. The van der Waals surface area contributed by atoms with Gasteiger partial charge in [-0.25, -0.2) is 0 Å². The van der Waals surface area contributed by atoms with Gasteiger partial charge in [-0.3, -0.25) is 24.5 Å². The monoisotopic (exact) mass is 390 g/mol. The highest BCUT2D eigenvalue weighted by molar-refractivity contribution is 5.99. The Hall–Kier alpha value is -2.51. The van der Waals surface area contributed by atoms with E-state index in [1.165, 1.54) is 0 Å². The topological polar surface area (TPSA) is 109 Å². The molecule has 0 aliphatic heterocycles. The van der Waals surface area contributed by atoms with Crippen molar-refractivity contribution >= 4 is 17.5 Å². The summed E-state index contributed by atoms with van der Waals surface area (Å²) in [6, 6.07) is 2.28. The molecule has 0 bridgehead atoms. The van der Waals surface area contributed by atoms with Crippen LogP contribution in [0.5, 0.6) is 0 Å². The van der Waals surface area contributed by atoms with Crippen molar-refractivity contribution in [2.24, 2.45) is 17.8 Å². The van der Waals surface area contributed by atoms with Crippen LogP contribution in [0.4, 0.5) is 0 Å². The number of nitrogens with zero attached hydrogens (tertiary/aromatic N) is 2. The van der Waals surface area contributed by atoms with E-state index in [1.54, 1.807) is 6.92 Å². The summed E-state index contributed by atoms with van der Waals surface area (Å²) in [5.74, 6) is -2.39. The molecule has 0 spiro atoms. The van der Waals surface area contributed by atoms with Crippen LogP contribution in [0.15, 0.2) is 6.07 Å². The van der Waals surface area contributed by atoms with E-state index in [-0.39, 0.29) is 43.5 Å². The van der Waals surface area contributed by atoms with Gasteiger partial charge in [0.25, 0.3) is 0 Å². The number of carbonyl (C=O) groups excluding carboxylic acids is 3. The standard InChI is InChI=1S/C20H26N2O6/c1-11-6-18(23)16(17(11)9-21(26)27)8-20(25)28-10-19(24)15-7-12(2)22(13(15)3)14-4-5-14/h7,11,14,16-17H,4-6,8-10H2,1-3H3/t11-,16-,17+/m1/s1. The van der Waals surface area contributed by atoms with E-state index in [1.807, 2.05) is 19.9 Å². The lowest BCUT2D eigenvalue weighted by molar-refractivity contribution is -0.490. The van der Waals surface area contributed by atoms with Crippen molar-refractivity contribution in [3.63, 3.8) is 0 Å². The minimum Gasteiger partial charge on any atom is -0.457 e. The normalized spacial score (nSPS) is 24.4. The average Bonchev–Trinajstić information content (AvgIpc) is 3.35. The maximum absolute atomic E-state index is 12.5. The Morgan fingerprint density at radius 3 is 2.61 bits per heavy atom. The first-order chi connectivity index (χ1) is 13.2. The third-order valence-electron chi connectivity index (χ3n) is 5.99. The molecule has 8 heteroatoms. The van der Waals surface area contributed by atoms with Crippen LogP contribution in [0.2, 0.25) is 0 Å². The molecule has 0 aromatic carbocycles. The second kappa shape index (κ2) is 7.85. The molecule has 0 saturated heterocycles. The lowest BCUT2D eigenvalue weighted by atomic mass is 9.88. The van der Waals surface area contributed by atoms with E-state index < -0.39 is 22.7 Å². The Labute approximate surface area is 163 Å². The molecular weight excluding hydrogens is 364 g/mol. The second-order valence-electron chi connectivity index (χ2n) is 8.11. The number of rotatable bonds is 8. The summed E-state index contributed by atoms with van der Waals surface area (Å²) in [6.45, 7) is 4.91. The molecule has 3 atom stereocenters. The Kier molecular flexibility index (Phi) is 5.67. The van der Waals surface area contributed by atoms with Gasteiger partial charge in [0.1, 0.15) is 5.78 Å². The van der Waals surface area contributed by atoms with Gasteiger partial charge in [-0.15, -0.1) is 0 Å². The number of ether oxygens (including phenoxy) is 1. The number of ketones is 2. The number of Topliss-reactive ketones (excluding diaryl/α,β-unsaturated/α-hetero) is 2. The molecule has 152 valence electrons. The largest absolute Gasteiger partial charge is 0.457 e. The van der Waals surface area contributed by atoms with Crippen LogP contribution in [-0.4, -0.2) is 40.2 Å². The number of aryl methyl sites for hydroxylation is 1. The maximum atomic E-state index is 12.5. The van der Waals surface area contributed by atoms with E-state index in [0.717, 1.165) is 24.2 Å². The zero-order valence-electron chi connectivity index (χ0n) is 16.5. The third kappa shape index (κ3) is 4.15. The van der Waals surface area contributed by atoms with E-state index in [4.69, 9.17) is 4.74 Å². The van der Waals surface area contributed by atoms with Crippen molar-refractivity contribution in [1.82, 2.24) is 4.57 Å².